The monoisotopic (exact) mass is 355 g/mol. The molecule has 1 saturated carbocycles. The Kier molecular flexibility index (Phi) is 7.35. The van der Waals surface area contributed by atoms with E-state index in [1.54, 1.807) is 0 Å². The molecule has 1 heterocycles. The minimum atomic E-state index is -0.492. The van der Waals surface area contributed by atoms with E-state index in [1.165, 1.54) is 25.7 Å². The summed E-state index contributed by atoms with van der Waals surface area (Å²) in [6.07, 6.45) is 4.90. The molecule has 4 nitrogen and oxygen atoms in total. The number of halogens is 1. The predicted molar refractivity (Wildman–Crippen MR) is 97.9 cm³/mol. The van der Waals surface area contributed by atoms with Gasteiger partial charge in [-0.25, -0.2) is 0 Å². The van der Waals surface area contributed by atoms with Gasteiger partial charge in [0, 0.05) is 31.2 Å². The topological polar surface area (TPSA) is 50.7 Å². The second-order valence-electron chi connectivity index (χ2n) is 6.68. The molecule has 0 radical (unpaired) electrons. The van der Waals surface area contributed by atoms with Gasteiger partial charge in [-0.15, -0.1) is 12.4 Å². The Bertz CT molecular complexity index is 499. The van der Waals surface area contributed by atoms with Crippen LogP contribution in [0.3, 0.4) is 0 Å². The first-order chi connectivity index (χ1) is 11.3. The van der Waals surface area contributed by atoms with Gasteiger partial charge < -0.3 is 19.9 Å². The van der Waals surface area contributed by atoms with Crippen molar-refractivity contribution in [1.29, 1.82) is 0 Å². The quantitative estimate of drug-likeness (QED) is 0.823. The lowest BCUT2D eigenvalue weighted by Gasteiger charge is -2.46. The maximum atomic E-state index is 10.2. The highest BCUT2D eigenvalue weighted by Crippen LogP contribution is 2.46. The number of para-hydroxylation sites is 1. The Morgan fingerprint density at radius 3 is 2.71 bits per heavy atom. The molecule has 0 aromatic heterocycles. The highest BCUT2D eigenvalue weighted by Gasteiger charge is 2.48. The molecule has 1 aromatic rings. The number of aliphatic hydroxyl groups is 1. The molecule has 2 aliphatic rings. The van der Waals surface area contributed by atoms with E-state index in [2.05, 4.69) is 11.4 Å². The van der Waals surface area contributed by atoms with Gasteiger partial charge in [-0.05, 0) is 31.7 Å². The largest absolute Gasteiger partial charge is 0.493 e. The zero-order valence-electron chi connectivity index (χ0n) is 14.5. The van der Waals surface area contributed by atoms with Gasteiger partial charge in [0.15, 0.2) is 0 Å². The van der Waals surface area contributed by atoms with Gasteiger partial charge in [0.1, 0.15) is 11.4 Å². The van der Waals surface area contributed by atoms with E-state index in [4.69, 9.17) is 9.47 Å². The van der Waals surface area contributed by atoms with E-state index in [9.17, 15) is 5.11 Å². The molecule has 1 aliphatic heterocycles. The number of ether oxygens (including phenoxy) is 2. The molecule has 1 aliphatic carbocycles. The van der Waals surface area contributed by atoms with Crippen LogP contribution in [0.15, 0.2) is 24.3 Å². The smallest absolute Gasteiger partial charge is 0.125 e. The second kappa shape index (κ2) is 9.04. The molecule has 2 N–H and O–H groups in total. The number of rotatable bonds is 6. The molecule has 1 saturated heterocycles. The van der Waals surface area contributed by atoms with E-state index in [0.29, 0.717) is 19.1 Å². The van der Waals surface area contributed by atoms with Crippen LogP contribution < -0.4 is 10.1 Å². The molecular weight excluding hydrogens is 326 g/mol. The van der Waals surface area contributed by atoms with E-state index in [1.807, 2.05) is 25.1 Å². The normalized spacial score (nSPS) is 25.9. The van der Waals surface area contributed by atoms with Crippen molar-refractivity contribution < 1.29 is 14.6 Å². The summed E-state index contributed by atoms with van der Waals surface area (Å²) in [4.78, 5) is 0. The lowest BCUT2D eigenvalue weighted by molar-refractivity contribution is -0.138. The van der Waals surface area contributed by atoms with Gasteiger partial charge in [-0.1, -0.05) is 31.0 Å². The van der Waals surface area contributed by atoms with Crippen molar-refractivity contribution in [2.24, 2.45) is 11.8 Å². The molecule has 5 heteroatoms. The zero-order valence-corrected chi connectivity index (χ0v) is 15.3. The van der Waals surface area contributed by atoms with Gasteiger partial charge in [0.2, 0.25) is 0 Å². The lowest BCUT2D eigenvalue weighted by Crippen LogP contribution is -2.54. The van der Waals surface area contributed by atoms with Crippen LogP contribution in [0.4, 0.5) is 0 Å². The summed E-state index contributed by atoms with van der Waals surface area (Å²) in [6, 6.07) is 8.17. The maximum Gasteiger partial charge on any atom is 0.125 e. The first-order valence-corrected chi connectivity index (χ1v) is 8.99. The molecule has 136 valence electrons. The first-order valence-electron chi connectivity index (χ1n) is 8.99. The van der Waals surface area contributed by atoms with Crippen LogP contribution >= 0.6 is 12.4 Å². The SMILES string of the molecule is CCOc1ccccc1C1(C(CO)C2CCCC2)CNCCO1.Cl. The number of aliphatic hydroxyl groups excluding tert-OH is 1. The third-order valence-corrected chi connectivity index (χ3v) is 5.43. The highest BCUT2D eigenvalue weighted by molar-refractivity contribution is 5.85. The number of benzene rings is 1. The fourth-order valence-electron chi connectivity index (χ4n) is 4.38. The zero-order chi connectivity index (χ0) is 16.1. The van der Waals surface area contributed by atoms with Crippen LogP contribution in [-0.2, 0) is 10.3 Å². The summed E-state index contributed by atoms with van der Waals surface area (Å²) >= 11 is 0. The third-order valence-electron chi connectivity index (χ3n) is 5.43. The minimum Gasteiger partial charge on any atom is -0.493 e. The van der Waals surface area contributed by atoms with Crippen LogP contribution in [-0.4, -0.2) is 38.0 Å². The predicted octanol–water partition coefficient (Wildman–Crippen LogP) is 3.12. The molecule has 2 unspecified atom stereocenters. The van der Waals surface area contributed by atoms with Crippen LogP contribution in [0, 0.1) is 11.8 Å². The Morgan fingerprint density at radius 1 is 1.33 bits per heavy atom. The Morgan fingerprint density at radius 2 is 2.08 bits per heavy atom. The molecule has 1 aromatic carbocycles. The standard InChI is InChI=1S/C19H29NO3.ClH/c1-2-22-18-10-6-5-9-16(18)19(14-20-11-12-23-19)17(13-21)15-7-3-4-8-15;/h5-6,9-10,15,17,20-21H,2-4,7-8,11-14H2,1H3;1H. The van der Waals surface area contributed by atoms with Crippen molar-refractivity contribution in [3.8, 4) is 5.75 Å². The van der Waals surface area contributed by atoms with Gasteiger partial charge in [-0.2, -0.15) is 0 Å². The summed E-state index contributed by atoms with van der Waals surface area (Å²) in [5.41, 5.74) is 0.591. The van der Waals surface area contributed by atoms with Gasteiger partial charge in [-0.3, -0.25) is 0 Å². The fraction of sp³-hybridized carbons (Fsp3) is 0.684. The molecule has 24 heavy (non-hydrogen) atoms. The number of hydrogen-bond donors (Lipinski definition) is 2. The lowest BCUT2D eigenvalue weighted by atomic mass is 9.72. The maximum absolute atomic E-state index is 10.2. The number of morpholine rings is 1. The minimum absolute atomic E-state index is 0. The van der Waals surface area contributed by atoms with Crippen LogP contribution in [0.5, 0.6) is 5.75 Å². The first kappa shape index (κ1) is 19.5. The second-order valence-corrected chi connectivity index (χ2v) is 6.68. The van der Waals surface area contributed by atoms with Gasteiger partial charge >= 0.3 is 0 Å². The van der Waals surface area contributed by atoms with Crippen molar-refractivity contribution in [3.63, 3.8) is 0 Å². The van der Waals surface area contributed by atoms with Gasteiger partial charge in [0.05, 0.1) is 13.2 Å². The summed E-state index contributed by atoms with van der Waals surface area (Å²) in [7, 11) is 0. The average molecular weight is 356 g/mol. The van der Waals surface area contributed by atoms with Crippen LogP contribution in [0.1, 0.15) is 38.2 Å². The van der Waals surface area contributed by atoms with Crippen molar-refractivity contribution in [2.75, 3.05) is 32.9 Å². The molecule has 0 amide bonds. The summed E-state index contributed by atoms with van der Waals surface area (Å²) in [6.45, 7) is 5.06. The summed E-state index contributed by atoms with van der Waals surface area (Å²) in [5.74, 6) is 1.52. The third kappa shape index (κ3) is 3.72. The van der Waals surface area contributed by atoms with Crippen molar-refractivity contribution in [3.05, 3.63) is 29.8 Å². The highest BCUT2D eigenvalue weighted by atomic mass is 35.5. The molecule has 3 rings (SSSR count). The molecule has 2 atom stereocenters. The molecule has 0 bridgehead atoms. The van der Waals surface area contributed by atoms with Crippen molar-refractivity contribution in [1.82, 2.24) is 5.32 Å². The number of hydrogen-bond acceptors (Lipinski definition) is 4. The Balaban J connectivity index is 0.00000208. The van der Waals surface area contributed by atoms with Crippen LogP contribution in [0.2, 0.25) is 0 Å². The van der Waals surface area contributed by atoms with E-state index in [-0.39, 0.29) is 24.9 Å². The van der Waals surface area contributed by atoms with E-state index < -0.39 is 5.60 Å². The molecular formula is C19H30ClNO3. The van der Waals surface area contributed by atoms with Crippen molar-refractivity contribution >= 4 is 12.4 Å². The van der Waals surface area contributed by atoms with Crippen molar-refractivity contribution in [2.45, 2.75) is 38.2 Å². The van der Waals surface area contributed by atoms with Crippen LogP contribution in [0.25, 0.3) is 0 Å². The fourth-order valence-corrected chi connectivity index (χ4v) is 4.38. The van der Waals surface area contributed by atoms with Gasteiger partial charge in [0.25, 0.3) is 0 Å². The van der Waals surface area contributed by atoms with E-state index >= 15 is 0 Å². The Labute approximate surface area is 151 Å². The number of nitrogens with one attached hydrogen (secondary N) is 1. The Hall–Kier alpha value is -0.810. The van der Waals surface area contributed by atoms with E-state index in [0.717, 1.165) is 24.4 Å². The average Bonchev–Trinajstić information content (AvgIpc) is 3.11. The molecule has 0 spiro atoms. The molecule has 2 fully saturated rings. The summed E-state index contributed by atoms with van der Waals surface area (Å²) in [5, 5.41) is 13.7. The summed E-state index contributed by atoms with van der Waals surface area (Å²) < 4.78 is 12.3.